The average molecular weight is 354 g/mol. The lowest BCUT2D eigenvalue weighted by Crippen LogP contribution is -2.46. The first-order chi connectivity index (χ1) is 12.4. The summed E-state index contributed by atoms with van der Waals surface area (Å²) in [6.45, 7) is 1.06. The van der Waals surface area contributed by atoms with E-state index in [1.165, 1.54) is 7.05 Å². The maximum atomic E-state index is 12.9. The van der Waals surface area contributed by atoms with Gasteiger partial charge in [0.15, 0.2) is 0 Å². The van der Waals surface area contributed by atoms with Crippen LogP contribution >= 0.6 is 0 Å². The maximum absolute atomic E-state index is 12.9. The summed E-state index contributed by atoms with van der Waals surface area (Å²) >= 11 is 0. The molecular weight excluding hydrogens is 336 g/mol. The number of carbonyl (C=O) groups excluding carboxylic acids is 4. The van der Waals surface area contributed by atoms with Crippen molar-refractivity contribution >= 4 is 34.6 Å². The molecule has 1 aliphatic heterocycles. The number of rotatable bonds is 3. The van der Waals surface area contributed by atoms with E-state index in [0.29, 0.717) is 5.56 Å². The standard InChI is InChI=1S/C18H18N4O4/c1-18(13-9-5-7-11-6-3-4-8-12(11)13)15(24)22(17(26)21-18)10-14(23)20-16(25)19-2/h3-9H,10H2,1-2H3,(H,21,26)(H2,19,20,23,25). The molecule has 1 aliphatic rings. The van der Waals surface area contributed by atoms with Crippen molar-refractivity contribution in [3.63, 3.8) is 0 Å². The first-order valence-electron chi connectivity index (χ1n) is 8.00. The molecule has 0 spiro atoms. The molecule has 1 fully saturated rings. The number of nitrogens with one attached hydrogen (secondary N) is 3. The van der Waals surface area contributed by atoms with E-state index >= 15 is 0 Å². The Labute approximate surface area is 149 Å². The molecule has 0 bridgehead atoms. The Balaban J connectivity index is 1.92. The quantitative estimate of drug-likeness (QED) is 0.716. The summed E-state index contributed by atoms with van der Waals surface area (Å²) in [7, 11) is 1.36. The first-order valence-corrected chi connectivity index (χ1v) is 8.00. The van der Waals surface area contributed by atoms with Crippen LogP contribution in [0.3, 0.4) is 0 Å². The normalized spacial score (nSPS) is 19.4. The average Bonchev–Trinajstić information content (AvgIpc) is 2.85. The molecule has 3 rings (SSSR count). The monoisotopic (exact) mass is 354 g/mol. The summed E-state index contributed by atoms with van der Waals surface area (Å²) in [6.07, 6.45) is 0. The minimum atomic E-state index is -1.30. The Kier molecular flexibility index (Phi) is 4.33. The van der Waals surface area contributed by atoms with Crippen LogP contribution in [0.25, 0.3) is 10.8 Å². The van der Waals surface area contributed by atoms with Crippen LogP contribution in [-0.4, -0.2) is 42.4 Å². The molecule has 0 aromatic heterocycles. The van der Waals surface area contributed by atoms with Crippen molar-refractivity contribution < 1.29 is 19.2 Å². The van der Waals surface area contributed by atoms with Gasteiger partial charge in [-0.15, -0.1) is 0 Å². The molecule has 134 valence electrons. The van der Waals surface area contributed by atoms with E-state index in [4.69, 9.17) is 0 Å². The summed E-state index contributed by atoms with van der Waals surface area (Å²) in [5.41, 5.74) is -0.659. The second-order valence-corrected chi connectivity index (χ2v) is 6.10. The smallest absolute Gasteiger partial charge is 0.325 e. The fourth-order valence-electron chi connectivity index (χ4n) is 3.06. The summed E-state index contributed by atoms with van der Waals surface area (Å²) in [5, 5.41) is 8.70. The van der Waals surface area contributed by atoms with Crippen LogP contribution < -0.4 is 16.0 Å². The van der Waals surface area contributed by atoms with Crippen molar-refractivity contribution in [1.29, 1.82) is 0 Å². The molecule has 0 radical (unpaired) electrons. The third kappa shape index (κ3) is 2.85. The van der Waals surface area contributed by atoms with Gasteiger partial charge in [-0.3, -0.25) is 19.8 Å². The van der Waals surface area contributed by atoms with Crippen LogP contribution in [-0.2, 0) is 15.1 Å². The lowest BCUT2D eigenvalue weighted by atomic mass is 9.88. The lowest BCUT2D eigenvalue weighted by molar-refractivity contribution is -0.134. The van der Waals surface area contributed by atoms with Gasteiger partial charge >= 0.3 is 12.1 Å². The lowest BCUT2D eigenvalue weighted by Gasteiger charge is -2.24. The molecule has 0 aliphatic carbocycles. The highest BCUT2D eigenvalue weighted by Crippen LogP contribution is 2.33. The van der Waals surface area contributed by atoms with Crippen molar-refractivity contribution in [3.8, 4) is 0 Å². The summed E-state index contributed by atoms with van der Waals surface area (Å²) in [6, 6.07) is 11.6. The molecule has 8 heteroatoms. The zero-order chi connectivity index (χ0) is 18.9. The van der Waals surface area contributed by atoms with E-state index in [2.05, 4.69) is 10.6 Å². The molecule has 3 N–H and O–H groups in total. The predicted octanol–water partition coefficient (Wildman–Crippen LogP) is 1.06. The minimum absolute atomic E-state index is 0.543. The van der Waals surface area contributed by atoms with Crippen LogP contribution in [0.4, 0.5) is 9.59 Å². The molecule has 2 aromatic carbocycles. The van der Waals surface area contributed by atoms with Gasteiger partial charge in [0.1, 0.15) is 12.1 Å². The van der Waals surface area contributed by atoms with Gasteiger partial charge in [0.25, 0.3) is 5.91 Å². The zero-order valence-corrected chi connectivity index (χ0v) is 14.3. The van der Waals surface area contributed by atoms with E-state index in [1.54, 1.807) is 13.0 Å². The highest BCUT2D eigenvalue weighted by atomic mass is 16.2. The van der Waals surface area contributed by atoms with Crippen molar-refractivity contribution in [2.75, 3.05) is 13.6 Å². The van der Waals surface area contributed by atoms with E-state index < -0.39 is 36.0 Å². The fourth-order valence-corrected chi connectivity index (χ4v) is 3.06. The van der Waals surface area contributed by atoms with Gasteiger partial charge in [-0.25, -0.2) is 9.59 Å². The third-order valence-electron chi connectivity index (χ3n) is 4.39. The molecule has 1 saturated heterocycles. The molecule has 1 atom stereocenters. The Morgan fingerprint density at radius 3 is 2.54 bits per heavy atom. The van der Waals surface area contributed by atoms with Gasteiger partial charge in [-0.1, -0.05) is 42.5 Å². The second-order valence-electron chi connectivity index (χ2n) is 6.10. The Morgan fingerprint density at radius 1 is 1.12 bits per heavy atom. The predicted molar refractivity (Wildman–Crippen MR) is 94.1 cm³/mol. The number of urea groups is 2. The molecule has 26 heavy (non-hydrogen) atoms. The molecular formula is C18H18N4O4. The first kappa shape index (κ1) is 17.4. The van der Waals surface area contributed by atoms with Crippen LogP contribution in [0, 0.1) is 0 Å². The maximum Gasteiger partial charge on any atom is 0.325 e. The molecule has 2 aromatic rings. The van der Waals surface area contributed by atoms with Crippen molar-refractivity contribution in [2.45, 2.75) is 12.5 Å². The van der Waals surface area contributed by atoms with Gasteiger partial charge in [0.2, 0.25) is 5.91 Å². The Morgan fingerprint density at radius 2 is 1.81 bits per heavy atom. The topological polar surface area (TPSA) is 108 Å². The number of fused-ring (bicyclic) bond motifs is 1. The number of imide groups is 2. The van der Waals surface area contributed by atoms with E-state index in [1.807, 2.05) is 41.7 Å². The zero-order valence-electron chi connectivity index (χ0n) is 14.3. The third-order valence-corrected chi connectivity index (χ3v) is 4.39. The second kappa shape index (κ2) is 6.47. The number of hydrogen-bond acceptors (Lipinski definition) is 4. The number of hydrogen-bond donors (Lipinski definition) is 3. The SMILES string of the molecule is CNC(=O)NC(=O)CN1C(=O)NC(C)(c2cccc3ccccc23)C1=O. The van der Waals surface area contributed by atoms with Gasteiger partial charge < -0.3 is 10.6 Å². The van der Waals surface area contributed by atoms with E-state index in [0.717, 1.165) is 15.7 Å². The van der Waals surface area contributed by atoms with Crippen LogP contribution in [0.2, 0.25) is 0 Å². The molecule has 8 nitrogen and oxygen atoms in total. The van der Waals surface area contributed by atoms with Gasteiger partial charge in [0, 0.05) is 7.05 Å². The molecule has 0 saturated carbocycles. The van der Waals surface area contributed by atoms with Crippen LogP contribution in [0.1, 0.15) is 12.5 Å². The van der Waals surface area contributed by atoms with E-state index in [9.17, 15) is 19.2 Å². The van der Waals surface area contributed by atoms with Crippen LogP contribution in [0.5, 0.6) is 0 Å². The van der Waals surface area contributed by atoms with Crippen molar-refractivity contribution in [1.82, 2.24) is 20.9 Å². The van der Waals surface area contributed by atoms with Crippen molar-refractivity contribution in [3.05, 3.63) is 48.0 Å². The summed E-state index contributed by atoms with van der Waals surface area (Å²) in [4.78, 5) is 49.1. The number of amides is 6. The van der Waals surface area contributed by atoms with E-state index in [-0.39, 0.29) is 0 Å². The van der Waals surface area contributed by atoms with Crippen LogP contribution in [0.15, 0.2) is 42.5 Å². The van der Waals surface area contributed by atoms with Crippen molar-refractivity contribution in [2.24, 2.45) is 0 Å². The molecule has 6 amide bonds. The Hall–Kier alpha value is -3.42. The molecule has 1 unspecified atom stereocenters. The van der Waals surface area contributed by atoms with Gasteiger partial charge in [-0.05, 0) is 23.3 Å². The number of benzene rings is 2. The summed E-state index contributed by atoms with van der Waals surface area (Å²) < 4.78 is 0. The largest absolute Gasteiger partial charge is 0.341 e. The molecule has 1 heterocycles. The number of nitrogens with zero attached hydrogens (tertiary/aromatic N) is 1. The van der Waals surface area contributed by atoms with Gasteiger partial charge in [0.05, 0.1) is 0 Å². The fraction of sp³-hybridized carbons (Fsp3) is 0.222. The summed E-state index contributed by atoms with van der Waals surface area (Å²) in [5.74, 6) is -1.30. The minimum Gasteiger partial charge on any atom is -0.341 e. The van der Waals surface area contributed by atoms with Gasteiger partial charge in [-0.2, -0.15) is 0 Å². The Bertz CT molecular complexity index is 921. The highest BCUT2D eigenvalue weighted by Gasteiger charge is 2.50. The number of carbonyl (C=O) groups is 4. The highest BCUT2D eigenvalue weighted by molar-refractivity contribution is 6.11.